The smallest absolute Gasteiger partial charge is 0.246 e. The number of pyridine rings is 1. The van der Waals surface area contributed by atoms with Gasteiger partial charge in [-0.25, -0.2) is 13.6 Å². The van der Waals surface area contributed by atoms with Crippen molar-refractivity contribution in [3.63, 3.8) is 0 Å². The Hall–Kier alpha value is -3.60. The van der Waals surface area contributed by atoms with Gasteiger partial charge < -0.3 is 20.0 Å². The van der Waals surface area contributed by atoms with Gasteiger partial charge in [0, 0.05) is 43.0 Å². The summed E-state index contributed by atoms with van der Waals surface area (Å²) in [7, 11) is 4.06. The van der Waals surface area contributed by atoms with Gasteiger partial charge in [-0.3, -0.25) is 4.79 Å². The number of nitrogens with zero attached hydrogens (tertiary/aromatic N) is 5. The Balaban J connectivity index is 1.91. The number of halogens is 2. The van der Waals surface area contributed by atoms with Crippen molar-refractivity contribution in [1.82, 2.24) is 19.7 Å². The zero-order valence-electron chi connectivity index (χ0n) is 26.9. The Morgan fingerprint density at radius 2 is 1.82 bits per heavy atom. The lowest BCUT2D eigenvalue weighted by atomic mass is 9.84. The fourth-order valence-electron chi connectivity index (χ4n) is 5.66. The third-order valence-corrected chi connectivity index (χ3v) is 8.40. The zero-order valence-corrected chi connectivity index (χ0v) is 28.6. The van der Waals surface area contributed by atoms with Crippen LogP contribution in [0, 0.1) is 5.82 Å². The Morgan fingerprint density at radius 1 is 1.16 bits per heavy atom. The van der Waals surface area contributed by atoms with E-state index in [1.807, 2.05) is 38.9 Å². The first-order valence-corrected chi connectivity index (χ1v) is 16.0. The Bertz CT molecular complexity index is 1620. The molecule has 0 saturated carbocycles. The summed E-state index contributed by atoms with van der Waals surface area (Å²) in [6.07, 6.45) is 1.31. The van der Waals surface area contributed by atoms with Crippen LogP contribution in [-0.4, -0.2) is 74.9 Å². The molecule has 1 aliphatic heterocycles. The van der Waals surface area contributed by atoms with E-state index in [4.69, 9.17) is 16.6 Å². The van der Waals surface area contributed by atoms with Crippen molar-refractivity contribution in [1.29, 1.82) is 0 Å². The molecule has 0 bridgehead atoms. The molecule has 0 radical (unpaired) electrons. The Labute approximate surface area is 274 Å². The molecular weight excluding hydrogens is 611 g/mol. The number of carbonyl (C=O) groups excluding carboxylic acids is 1. The lowest BCUT2D eigenvalue weighted by molar-refractivity contribution is -0.130. The van der Waals surface area contributed by atoms with Crippen molar-refractivity contribution in [3.05, 3.63) is 88.7 Å². The largest absolute Gasteiger partial charge is 0.349 e. The van der Waals surface area contributed by atoms with Gasteiger partial charge in [-0.15, -0.1) is 0 Å². The molecule has 240 valence electrons. The van der Waals surface area contributed by atoms with Crippen molar-refractivity contribution < 1.29 is 13.4 Å². The summed E-state index contributed by atoms with van der Waals surface area (Å²) in [4.78, 5) is 23.3. The van der Waals surface area contributed by atoms with E-state index < -0.39 is 17.7 Å². The van der Waals surface area contributed by atoms with Gasteiger partial charge in [0.1, 0.15) is 23.5 Å². The Kier molecular flexibility index (Phi) is 10.8. The SMILES string of the molecule is C=CC(=O)N1CC(C)N(/C(=N/[SH]=O)c2cc(Cl)c(-c3ccccc3F)nc2Nc2ccc(CN(C)C)cc2C(C)(C)C)CC1C. The van der Waals surface area contributed by atoms with Crippen LogP contribution < -0.4 is 5.32 Å². The maximum absolute atomic E-state index is 15.0. The second-order valence-corrected chi connectivity index (χ2v) is 13.5. The molecule has 8 nitrogen and oxygen atoms in total. The van der Waals surface area contributed by atoms with Gasteiger partial charge in [0.05, 0.1) is 16.3 Å². The lowest BCUT2D eigenvalue weighted by Crippen LogP contribution is -2.59. The molecule has 1 fully saturated rings. The summed E-state index contributed by atoms with van der Waals surface area (Å²) in [5, 5.41) is 3.75. The minimum Gasteiger partial charge on any atom is -0.349 e. The number of anilines is 2. The summed E-state index contributed by atoms with van der Waals surface area (Å²) in [6, 6.07) is 14.0. The number of rotatable bonds is 8. The number of aromatic nitrogens is 1. The molecular formula is C34H42ClFN6O2S. The fraction of sp³-hybridized carbons (Fsp3) is 0.382. The van der Waals surface area contributed by atoms with Crippen molar-refractivity contribution in [3.8, 4) is 11.3 Å². The van der Waals surface area contributed by atoms with Crippen LogP contribution in [0.2, 0.25) is 5.02 Å². The minimum atomic E-state index is -0.452. The standard InChI is InChI=1S/C34H42ClFN6O2S/c1-9-30(43)41-18-22(3)42(19-21(41)2)33(39-45-44)25-17-27(35)31(24-12-10-11-13-28(24)36)38-32(25)37-29-15-14-23(20-40(7)8)16-26(29)34(4,5)6/h9-17,21-22,45H,1,18-20H2,2-8H3,(H,37,38)/b39-33+. The molecule has 3 aromatic rings. The summed E-state index contributed by atoms with van der Waals surface area (Å²) in [5.74, 6) is 0.181. The molecule has 1 saturated heterocycles. The second kappa shape index (κ2) is 14.2. The number of benzene rings is 2. The molecule has 1 N–H and O–H groups in total. The number of thiol groups is 1. The van der Waals surface area contributed by atoms with E-state index >= 15 is 4.39 Å². The summed E-state index contributed by atoms with van der Waals surface area (Å²) in [6.45, 7) is 15.6. The summed E-state index contributed by atoms with van der Waals surface area (Å²) < 4.78 is 31.5. The number of hydrogen-bond acceptors (Lipinski definition) is 5. The monoisotopic (exact) mass is 652 g/mol. The average Bonchev–Trinajstić information content (AvgIpc) is 2.97. The second-order valence-electron chi connectivity index (χ2n) is 12.7. The maximum Gasteiger partial charge on any atom is 0.246 e. The third kappa shape index (κ3) is 7.80. The molecule has 11 heteroatoms. The van der Waals surface area contributed by atoms with Gasteiger partial charge in [-0.1, -0.05) is 63.2 Å². The van der Waals surface area contributed by atoms with E-state index in [9.17, 15) is 9.00 Å². The van der Waals surface area contributed by atoms with Gasteiger partial charge in [-0.05, 0) is 74.8 Å². The topological polar surface area (TPSA) is 81.1 Å². The molecule has 1 amide bonds. The normalized spacial score (nSPS) is 17.5. The lowest BCUT2D eigenvalue weighted by Gasteiger charge is -2.45. The first-order chi connectivity index (χ1) is 21.2. The average molecular weight is 653 g/mol. The molecule has 2 aromatic carbocycles. The highest BCUT2D eigenvalue weighted by Crippen LogP contribution is 2.37. The van der Waals surface area contributed by atoms with Crippen LogP contribution in [0.15, 0.2) is 65.6 Å². The van der Waals surface area contributed by atoms with E-state index in [1.165, 1.54) is 12.1 Å². The van der Waals surface area contributed by atoms with Crippen LogP contribution >= 0.6 is 11.6 Å². The van der Waals surface area contributed by atoms with Crippen LogP contribution in [0.4, 0.5) is 15.9 Å². The quantitative estimate of drug-likeness (QED) is 0.128. The predicted octanol–water partition coefficient (Wildman–Crippen LogP) is 6.36. The molecule has 2 atom stereocenters. The van der Waals surface area contributed by atoms with E-state index in [-0.39, 0.29) is 39.7 Å². The van der Waals surface area contributed by atoms with Crippen LogP contribution in [0.5, 0.6) is 0 Å². The number of carbonyl (C=O) groups is 1. The molecule has 1 aliphatic rings. The van der Waals surface area contributed by atoms with Crippen molar-refractivity contribution >= 4 is 46.7 Å². The zero-order chi connectivity index (χ0) is 33.1. The number of hydrogen-bond donors (Lipinski definition) is 2. The molecule has 2 heterocycles. The van der Waals surface area contributed by atoms with E-state index in [1.54, 1.807) is 29.2 Å². The Morgan fingerprint density at radius 3 is 2.44 bits per heavy atom. The minimum absolute atomic E-state index is 0.150. The van der Waals surface area contributed by atoms with Crippen LogP contribution in [0.1, 0.15) is 51.3 Å². The highest BCUT2D eigenvalue weighted by Gasteiger charge is 2.35. The molecule has 1 aromatic heterocycles. The molecule has 4 rings (SSSR count). The predicted molar refractivity (Wildman–Crippen MR) is 184 cm³/mol. The van der Waals surface area contributed by atoms with Crippen molar-refractivity contribution in [2.24, 2.45) is 4.40 Å². The molecule has 0 aliphatic carbocycles. The summed E-state index contributed by atoms with van der Waals surface area (Å²) >= 11 is 6.38. The summed E-state index contributed by atoms with van der Waals surface area (Å²) in [5.41, 5.74) is 3.85. The van der Waals surface area contributed by atoms with E-state index in [0.717, 1.165) is 23.4 Å². The number of amidine groups is 1. The first kappa shape index (κ1) is 34.3. The van der Waals surface area contributed by atoms with E-state index in [2.05, 4.69) is 54.1 Å². The number of piperazine rings is 1. The van der Waals surface area contributed by atoms with Gasteiger partial charge in [0.15, 0.2) is 5.84 Å². The first-order valence-electron chi connectivity index (χ1n) is 14.9. The van der Waals surface area contributed by atoms with Gasteiger partial charge in [0.25, 0.3) is 0 Å². The molecule has 45 heavy (non-hydrogen) atoms. The highest BCUT2D eigenvalue weighted by atomic mass is 35.5. The van der Waals surface area contributed by atoms with Crippen molar-refractivity contribution in [2.45, 2.75) is 58.7 Å². The van der Waals surface area contributed by atoms with Gasteiger partial charge in [-0.2, -0.15) is 4.40 Å². The van der Waals surface area contributed by atoms with E-state index in [0.29, 0.717) is 30.3 Å². The molecule has 2 unspecified atom stereocenters. The number of amides is 1. The maximum atomic E-state index is 15.0. The fourth-order valence-corrected chi connectivity index (χ4v) is 6.21. The third-order valence-electron chi connectivity index (χ3n) is 7.84. The van der Waals surface area contributed by atoms with Gasteiger partial charge in [0.2, 0.25) is 5.91 Å². The van der Waals surface area contributed by atoms with Crippen molar-refractivity contribution in [2.75, 3.05) is 32.5 Å². The van der Waals surface area contributed by atoms with Crippen LogP contribution in [0.25, 0.3) is 11.3 Å². The van der Waals surface area contributed by atoms with Crippen LogP contribution in [0.3, 0.4) is 0 Å². The van der Waals surface area contributed by atoms with Gasteiger partial charge >= 0.3 is 0 Å². The van der Waals surface area contributed by atoms with Crippen LogP contribution in [-0.2, 0) is 28.6 Å². The highest BCUT2D eigenvalue weighted by molar-refractivity contribution is 7.64. The molecule has 0 spiro atoms. The number of nitrogens with one attached hydrogen (secondary N) is 1.